The molecule has 0 aliphatic carbocycles. The van der Waals surface area contributed by atoms with E-state index in [2.05, 4.69) is 9.97 Å². The van der Waals surface area contributed by atoms with Crippen LogP contribution in [-0.4, -0.2) is 74.8 Å². The number of halogens is 1. The van der Waals surface area contributed by atoms with Crippen molar-refractivity contribution in [1.29, 1.82) is 0 Å². The molecular formula is C14H23ClN4O4. The quantitative estimate of drug-likeness (QED) is 0.625. The number of rotatable bonds is 6. The van der Waals surface area contributed by atoms with Gasteiger partial charge in [-0.3, -0.25) is 19.4 Å². The Balaban J connectivity index is 0.00000264. The first-order chi connectivity index (χ1) is 10.4. The molecule has 1 fully saturated rings. The van der Waals surface area contributed by atoms with Crippen molar-refractivity contribution < 1.29 is 15.0 Å². The Labute approximate surface area is 140 Å². The molecule has 0 spiro atoms. The van der Waals surface area contributed by atoms with Crippen molar-refractivity contribution in [1.82, 2.24) is 19.8 Å². The van der Waals surface area contributed by atoms with Crippen molar-refractivity contribution in [2.45, 2.75) is 32.0 Å². The van der Waals surface area contributed by atoms with Gasteiger partial charge in [-0.25, -0.2) is 4.98 Å². The van der Waals surface area contributed by atoms with Crippen molar-refractivity contribution in [2.24, 2.45) is 0 Å². The SMILES string of the molecule is CCc1cc(=O)[nH]c(CN2CC(N(C)CC(=O)O)[C@H](O)C2)n1.Cl. The molecule has 1 aromatic rings. The van der Waals surface area contributed by atoms with Crippen LogP contribution in [0.1, 0.15) is 18.4 Å². The molecule has 0 aromatic carbocycles. The first-order valence-electron chi connectivity index (χ1n) is 7.30. The summed E-state index contributed by atoms with van der Waals surface area (Å²) in [5.41, 5.74) is 0.555. The highest BCUT2D eigenvalue weighted by molar-refractivity contribution is 5.85. The van der Waals surface area contributed by atoms with Crippen LogP contribution in [0.5, 0.6) is 0 Å². The smallest absolute Gasteiger partial charge is 0.317 e. The monoisotopic (exact) mass is 346 g/mol. The molecule has 0 saturated carbocycles. The number of carboxylic acid groups (broad SMARTS) is 1. The maximum atomic E-state index is 11.6. The molecule has 1 aliphatic heterocycles. The second-order valence-electron chi connectivity index (χ2n) is 5.67. The maximum Gasteiger partial charge on any atom is 0.317 e. The highest BCUT2D eigenvalue weighted by Crippen LogP contribution is 2.16. The number of hydrogen-bond acceptors (Lipinski definition) is 6. The van der Waals surface area contributed by atoms with Gasteiger partial charge in [-0.05, 0) is 13.5 Å². The van der Waals surface area contributed by atoms with Gasteiger partial charge in [-0.15, -0.1) is 12.4 Å². The Morgan fingerprint density at radius 1 is 1.52 bits per heavy atom. The third-order valence-electron chi connectivity index (χ3n) is 3.86. The number of aromatic nitrogens is 2. The number of β-amino-alcohol motifs (C(OH)–C–C–N with tert-alkyl or cyclic N) is 1. The van der Waals surface area contributed by atoms with E-state index in [1.54, 1.807) is 11.9 Å². The van der Waals surface area contributed by atoms with E-state index in [1.165, 1.54) is 6.07 Å². The highest BCUT2D eigenvalue weighted by Gasteiger charge is 2.34. The van der Waals surface area contributed by atoms with Gasteiger partial charge in [0.1, 0.15) is 5.82 Å². The summed E-state index contributed by atoms with van der Waals surface area (Å²) in [6, 6.07) is 1.24. The Kier molecular flexibility index (Phi) is 7.14. The molecule has 2 heterocycles. The minimum atomic E-state index is -0.921. The molecule has 1 aromatic heterocycles. The molecule has 0 bridgehead atoms. The Hall–Kier alpha value is -1.48. The summed E-state index contributed by atoms with van der Waals surface area (Å²) >= 11 is 0. The maximum absolute atomic E-state index is 11.6. The second kappa shape index (κ2) is 8.39. The Morgan fingerprint density at radius 3 is 2.83 bits per heavy atom. The third-order valence-corrected chi connectivity index (χ3v) is 3.86. The summed E-state index contributed by atoms with van der Waals surface area (Å²) in [5, 5.41) is 18.9. The molecule has 130 valence electrons. The predicted octanol–water partition coefficient (Wildman–Crippen LogP) is -0.684. The lowest BCUT2D eigenvalue weighted by molar-refractivity contribution is -0.138. The zero-order valence-electron chi connectivity index (χ0n) is 13.2. The van der Waals surface area contributed by atoms with Gasteiger partial charge in [-0.1, -0.05) is 6.92 Å². The fourth-order valence-corrected chi connectivity index (χ4v) is 2.77. The van der Waals surface area contributed by atoms with Crippen LogP contribution in [-0.2, 0) is 17.8 Å². The van der Waals surface area contributed by atoms with E-state index >= 15 is 0 Å². The number of aliphatic carboxylic acids is 1. The third kappa shape index (κ3) is 5.28. The van der Waals surface area contributed by atoms with Crippen molar-refractivity contribution in [2.75, 3.05) is 26.7 Å². The van der Waals surface area contributed by atoms with E-state index < -0.39 is 12.1 Å². The van der Waals surface area contributed by atoms with Crippen molar-refractivity contribution >= 4 is 18.4 Å². The molecular weight excluding hydrogens is 324 g/mol. The molecule has 1 saturated heterocycles. The standard InChI is InChI=1S/C14H22N4O4.ClH/c1-3-9-4-13(20)16-12(15-9)7-18-5-10(11(19)6-18)17(2)8-14(21)22;/h4,10-11,19H,3,5-8H2,1-2H3,(H,21,22)(H,15,16,20);1H/t10?,11-;/m1./s1. The average Bonchev–Trinajstić information content (AvgIpc) is 2.78. The summed E-state index contributed by atoms with van der Waals surface area (Å²) in [6.07, 6.45) is 0.0641. The molecule has 9 heteroatoms. The molecule has 2 rings (SSSR count). The number of likely N-dealkylation sites (tertiary alicyclic amines) is 1. The van der Waals surface area contributed by atoms with Crippen LogP contribution in [0.2, 0.25) is 0 Å². The second-order valence-corrected chi connectivity index (χ2v) is 5.67. The van der Waals surface area contributed by atoms with Gasteiger partial charge in [0.05, 0.1) is 19.2 Å². The van der Waals surface area contributed by atoms with Crippen LogP contribution in [0.25, 0.3) is 0 Å². The van der Waals surface area contributed by atoms with Crippen LogP contribution < -0.4 is 5.56 Å². The molecule has 2 atom stereocenters. The number of H-pyrrole nitrogens is 1. The fraction of sp³-hybridized carbons (Fsp3) is 0.643. The molecule has 8 nitrogen and oxygen atoms in total. The van der Waals surface area contributed by atoms with Crippen molar-refractivity contribution in [3.63, 3.8) is 0 Å². The van der Waals surface area contributed by atoms with E-state index in [9.17, 15) is 14.7 Å². The average molecular weight is 347 g/mol. The van der Waals surface area contributed by atoms with Gasteiger partial charge in [0.15, 0.2) is 0 Å². The zero-order valence-corrected chi connectivity index (χ0v) is 14.0. The Bertz CT molecular complexity index is 594. The van der Waals surface area contributed by atoms with Crippen LogP contribution in [0.4, 0.5) is 0 Å². The topological polar surface area (TPSA) is 110 Å². The molecule has 23 heavy (non-hydrogen) atoms. The highest BCUT2D eigenvalue weighted by atomic mass is 35.5. The number of carboxylic acids is 1. The minimum Gasteiger partial charge on any atom is -0.480 e. The summed E-state index contributed by atoms with van der Waals surface area (Å²) in [5.74, 6) is -0.354. The van der Waals surface area contributed by atoms with Gasteiger partial charge >= 0.3 is 5.97 Å². The molecule has 0 amide bonds. The molecule has 1 unspecified atom stereocenters. The van der Waals surface area contributed by atoms with E-state index in [1.807, 2.05) is 11.8 Å². The number of aliphatic hydroxyl groups excluding tert-OH is 1. The number of aliphatic hydroxyl groups is 1. The van der Waals surface area contributed by atoms with E-state index in [-0.39, 0.29) is 30.6 Å². The van der Waals surface area contributed by atoms with Crippen molar-refractivity contribution in [3.8, 4) is 0 Å². The number of aryl methyl sites for hydroxylation is 1. The Morgan fingerprint density at radius 2 is 2.22 bits per heavy atom. The first kappa shape index (κ1) is 19.6. The molecule has 1 aliphatic rings. The number of nitrogens with zero attached hydrogens (tertiary/aromatic N) is 3. The lowest BCUT2D eigenvalue weighted by Crippen LogP contribution is -2.43. The van der Waals surface area contributed by atoms with Crippen LogP contribution in [0.3, 0.4) is 0 Å². The van der Waals surface area contributed by atoms with Crippen LogP contribution in [0.15, 0.2) is 10.9 Å². The number of carbonyl (C=O) groups is 1. The van der Waals surface area contributed by atoms with E-state index in [0.717, 1.165) is 5.69 Å². The molecule has 3 N–H and O–H groups in total. The van der Waals surface area contributed by atoms with E-state index in [0.29, 0.717) is 31.9 Å². The van der Waals surface area contributed by atoms with Crippen molar-refractivity contribution in [3.05, 3.63) is 27.9 Å². The fourth-order valence-electron chi connectivity index (χ4n) is 2.77. The number of nitrogens with one attached hydrogen (secondary N) is 1. The summed E-state index contributed by atoms with van der Waals surface area (Å²) < 4.78 is 0. The normalized spacial score (nSPS) is 21.4. The summed E-state index contributed by atoms with van der Waals surface area (Å²) in [6.45, 7) is 3.20. The minimum absolute atomic E-state index is 0. The summed E-state index contributed by atoms with van der Waals surface area (Å²) in [4.78, 5) is 33.0. The lowest BCUT2D eigenvalue weighted by atomic mass is 10.2. The number of hydrogen-bond donors (Lipinski definition) is 3. The van der Waals surface area contributed by atoms with Gasteiger partial charge in [-0.2, -0.15) is 0 Å². The number of aromatic amines is 1. The first-order valence-corrected chi connectivity index (χ1v) is 7.30. The predicted molar refractivity (Wildman–Crippen MR) is 86.8 cm³/mol. The summed E-state index contributed by atoms with van der Waals surface area (Å²) in [7, 11) is 1.68. The molecule has 0 radical (unpaired) electrons. The largest absolute Gasteiger partial charge is 0.480 e. The lowest BCUT2D eigenvalue weighted by Gasteiger charge is -2.24. The van der Waals surface area contributed by atoms with E-state index in [4.69, 9.17) is 5.11 Å². The van der Waals surface area contributed by atoms with Gasteiger partial charge in [0.2, 0.25) is 0 Å². The van der Waals surface area contributed by atoms with Gasteiger partial charge < -0.3 is 15.2 Å². The van der Waals surface area contributed by atoms with Crippen LogP contribution >= 0.6 is 12.4 Å². The number of likely N-dealkylation sites (N-methyl/N-ethyl adjacent to an activating group) is 1. The van der Waals surface area contributed by atoms with Gasteiger partial charge in [0.25, 0.3) is 5.56 Å². The van der Waals surface area contributed by atoms with Gasteiger partial charge in [0, 0.05) is 30.9 Å². The van der Waals surface area contributed by atoms with Crippen LogP contribution in [0, 0.1) is 0 Å². The zero-order chi connectivity index (χ0) is 16.3.